The van der Waals surface area contributed by atoms with Gasteiger partial charge in [-0.15, -0.1) is 0 Å². The molecule has 0 aliphatic carbocycles. The highest BCUT2D eigenvalue weighted by Crippen LogP contribution is 2.46. The zero-order valence-electron chi connectivity index (χ0n) is 15.3. The van der Waals surface area contributed by atoms with Gasteiger partial charge in [0.25, 0.3) is 0 Å². The van der Waals surface area contributed by atoms with Crippen LogP contribution < -0.4 is 9.64 Å². The summed E-state index contributed by atoms with van der Waals surface area (Å²) in [7, 11) is 0. The lowest BCUT2D eigenvalue weighted by Crippen LogP contribution is -2.31. The molecule has 140 valence electrons. The molecule has 3 aromatic rings. The van der Waals surface area contributed by atoms with Gasteiger partial charge in [0, 0.05) is 23.9 Å². The van der Waals surface area contributed by atoms with Crippen molar-refractivity contribution < 1.29 is 13.9 Å². The van der Waals surface area contributed by atoms with Gasteiger partial charge in [0.05, 0.1) is 5.69 Å². The van der Waals surface area contributed by atoms with Crippen molar-refractivity contribution in [1.29, 1.82) is 0 Å². The fraction of sp³-hybridized carbons (Fsp3) is 0.208. The van der Waals surface area contributed by atoms with Gasteiger partial charge in [-0.05, 0) is 41.8 Å². The van der Waals surface area contributed by atoms with E-state index in [9.17, 15) is 9.18 Å². The zero-order chi connectivity index (χ0) is 19.1. The maximum absolute atomic E-state index is 14.2. The highest BCUT2D eigenvalue weighted by atomic mass is 19.1. The summed E-state index contributed by atoms with van der Waals surface area (Å²) in [5.74, 6) is 0.668. The third kappa shape index (κ3) is 2.85. The first-order valence-corrected chi connectivity index (χ1v) is 9.57. The van der Waals surface area contributed by atoms with Crippen LogP contribution in [0.5, 0.6) is 5.75 Å². The number of hydrogen-bond donors (Lipinski definition) is 0. The van der Waals surface area contributed by atoms with Gasteiger partial charge in [-0.2, -0.15) is 0 Å². The molecule has 3 nitrogen and oxygen atoms in total. The molecule has 1 fully saturated rings. The molecule has 1 saturated heterocycles. The second-order valence-corrected chi connectivity index (χ2v) is 7.43. The predicted molar refractivity (Wildman–Crippen MR) is 106 cm³/mol. The zero-order valence-corrected chi connectivity index (χ0v) is 15.3. The molecule has 2 heterocycles. The molecule has 0 unspecified atom stereocenters. The summed E-state index contributed by atoms with van der Waals surface area (Å²) < 4.78 is 20.2. The van der Waals surface area contributed by atoms with Crippen LogP contribution in [0.1, 0.15) is 29.0 Å². The Hall–Kier alpha value is -3.14. The Morgan fingerprint density at radius 1 is 0.964 bits per heavy atom. The standard InChI is InChI=1S/C24H20FNO2/c25-21-10-5-11-22-20(21)13-23-19(14-24(27)26(22)23)17-8-4-9-18(12-17)28-15-16-6-2-1-3-7-16/h1-12,19,23H,13-15H2/t19-,23+/m0/s1. The molecular weight excluding hydrogens is 353 g/mol. The number of rotatable bonds is 4. The summed E-state index contributed by atoms with van der Waals surface area (Å²) in [5, 5.41) is 0. The topological polar surface area (TPSA) is 29.5 Å². The maximum Gasteiger partial charge on any atom is 0.227 e. The van der Waals surface area contributed by atoms with Crippen molar-refractivity contribution >= 4 is 11.6 Å². The summed E-state index contributed by atoms with van der Waals surface area (Å²) in [6.45, 7) is 0.500. The number of nitrogens with zero attached hydrogens (tertiary/aromatic N) is 1. The average Bonchev–Trinajstić information content (AvgIpc) is 3.26. The quantitative estimate of drug-likeness (QED) is 0.654. The normalized spacial score (nSPS) is 20.2. The summed E-state index contributed by atoms with van der Waals surface area (Å²) in [5.41, 5.74) is 3.56. The van der Waals surface area contributed by atoms with Crippen molar-refractivity contribution in [3.8, 4) is 5.75 Å². The number of benzene rings is 3. The van der Waals surface area contributed by atoms with Crippen LogP contribution in [-0.4, -0.2) is 11.9 Å². The molecule has 3 aromatic carbocycles. The molecule has 4 heteroatoms. The highest BCUT2D eigenvalue weighted by molar-refractivity contribution is 5.99. The van der Waals surface area contributed by atoms with Crippen LogP contribution in [0.2, 0.25) is 0 Å². The van der Waals surface area contributed by atoms with Gasteiger partial charge in [-0.25, -0.2) is 4.39 Å². The van der Waals surface area contributed by atoms with E-state index in [1.54, 1.807) is 11.0 Å². The molecule has 0 aromatic heterocycles. The largest absolute Gasteiger partial charge is 0.489 e. The number of carbonyl (C=O) groups is 1. The Bertz CT molecular complexity index is 1030. The fourth-order valence-electron chi connectivity index (χ4n) is 4.43. The molecule has 0 N–H and O–H groups in total. The third-order valence-electron chi connectivity index (χ3n) is 5.76. The van der Waals surface area contributed by atoms with Gasteiger partial charge in [0.1, 0.15) is 18.2 Å². The Labute approximate surface area is 163 Å². The van der Waals surface area contributed by atoms with Crippen LogP contribution in [0.4, 0.5) is 10.1 Å². The number of fused-ring (bicyclic) bond motifs is 3. The number of halogens is 1. The molecule has 0 saturated carbocycles. The lowest BCUT2D eigenvalue weighted by molar-refractivity contribution is -0.117. The van der Waals surface area contributed by atoms with E-state index in [0.29, 0.717) is 25.0 Å². The summed E-state index contributed by atoms with van der Waals surface area (Å²) in [6.07, 6.45) is 1.01. The van der Waals surface area contributed by atoms with Gasteiger partial charge < -0.3 is 9.64 Å². The first-order chi connectivity index (χ1) is 13.7. The summed E-state index contributed by atoms with van der Waals surface area (Å²) >= 11 is 0. The summed E-state index contributed by atoms with van der Waals surface area (Å²) in [6, 6.07) is 22.9. The van der Waals surface area contributed by atoms with Crippen molar-refractivity contribution in [2.24, 2.45) is 0 Å². The van der Waals surface area contributed by atoms with Gasteiger partial charge >= 0.3 is 0 Å². The number of ether oxygens (including phenoxy) is 1. The molecule has 0 bridgehead atoms. The van der Waals surface area contributed by atoms with Crippen molar-refractivity contribution in [1.82, 2.24) is 0 Å². The van der Waals surface area contributed by atoms with E-state index < -0.39 is 0 Å². The van der Waals surface area contributed by atoms with E-state index >= 15 is 0 Å². The average molecular weight is 373 g/mol. The van der Waals surface area contributed by atoms with Gasteiger partial charge in [-0.3, -0.25) is 4.79 Å². The number of anilines is 1. The molecule has 2 aliphatic heterocycles. The minimum atomic E-state index is -0.224. The van der Waals surface area contributed by atoms with E-state index in [0.717, 1.165) is 22.6 Å². The molecule has 2 aliphatic rings. The smallest absolute Gasteiger partial charge is 0.227 e. The van der Waals surface area contributed by atoms with Crippen LogP contribution in [0.3, 0.4) is 0 Å². The Balaban J connectivity index is 1.39. The monoisotopic (exact) mass is 373 g/mol. The van der Waals surface area contributed by atoms with Crippen molar-refractivity contribution in [3.05, 3.63) is 95.3 Å². The lowest BCUT2D eigenvalue weighted by Gasteiger charge is -2.21. The van der Waals surface area contributed by atoms with Crippen molar-refractivity contribution in [3.63, 3.8) is 0 Å². The number of hydrogen-bond acceptors (Lipinski definition) is 2. The van der Waals surface area contributed by atoms with Crippen molar-refractivity contribution in [2.45, 2.75) is 31.4 Å². The predicted octanol–water partition coefficient (Wildman–Crippen LogP) is 4.85. The van der Waals surface area contributed by atoms with Gasteiger partial charge in [-0.1, -0.05) is 48.5 Å². The minimum Gasteiger partial charge on any atom is -0.489 e. The Morgan fingerprint density at radius 2 is 1.79 bits per heavy atom. The number of amides is 1. The van der Waals surface area contributed by atoms with Crippen LogP contribution in [0, 0.1) is 5.82 Å². The number of carbonyl (C=O) groups excluding carboxylic acids is 1. The Morgan fingerprint density at radius 3 is 2.64 bits per heavy atom. The molecule has 28 heavy (non-hydrogen) atoms. The van der Waals surface area contributed by atoms with E-state index in [1.165, 1.54) is 6.07 Å². The van der Waals surface area contributed by atoms with Crippen LogP contribution in [-0.2, 0) is 17.8 Å². The summed E-state index contributed by atoms with van der Waals surface area (Å²) in [4.78, 5) is 14.5. The molecule has 2 atom stereocenters. The molecular formula is C24H20FNO2. The van der Waals surface area contributed by atoms with E-state index in [2.05, 4.69) is 0 Å². The molecule has 5 rings (SSSR count). The van der Waals surface area contributed by atoms with E-state index in [1.807, 2.05) is 60.7 Å². The van der Waals surface area contributed by atoms with E-state index in [4.69, 9.17) is 4.74 Å². The highest BCUT2D eigenvalue weighted by Gasteiger charge is 2.46. The maximum atomic E-state index is 14.2. The molecule has 0 spiro atoms. The first kappa shape index (κ1) is 17.0. The van der Waals surface area contributed by atoms with Crippen LogP contribution >= 0.6 is 0 Å². The van der Waals surface area contributed by atoms with Gasteiger partial charge in [0.2, 0.25) is 5.91 Å². The third-order valence-corrected chi connectivity index (χ3v) is 5.76. The first-order valence-electron chi connectivity index (χ1n) is 9.57. The second kappa shape index (κ2) is 6.79. The van der Waals surface area contributed by atoms with Crippen LogP contribution in [0.15, 0.2) is 72.8 Å². The molecule has 0 radical (unpaired) electrons. The van der Waals surface area contributed by atoms with Gasteiger partial charge in [0.15, 0.2) is 0 Å². The van der Waals surface area contributed by atoms with E-state index in [-0.39, 0.29) is 23.7 Å². The fourth-order valence-corrected chi connectivity index (χ4v) is 4.43. The van der Waals surface area contributed by atoms with Crippen LogP contribution in [0.25, 0.3) is 0 Å². The Kier molecular flexibility index (Phi) is 4.12. The second-order valence-electron chi connectivity index (χ2n) is 7.43. The lowest BCUT2D eigenvalue weighted by atomic mass is 9.89. The molecule has 1 amide bonds. The SMILES string of the molecule is O=C1C[C@@H](c2cccc(OCc3ccccc3)c2)[C@H]2Cc3c(F)cccc3N12. The van der Waals surface area contributed by atoms with Crippen molar-refractivity contribution in [2.75, 3.05) is 4.90 Å². The minimum absolute atomic E-state index is 0.0243.